The van der Waals surface area contributed by atoms with E-state index in [-0.39, 0.29) is 30.9 Å². The van der Waals surface area contributed by atoms with Crippen LogP contribution in [0, 0.1) is 0 Å². The highest BCUT2D eigenvalue weighted by Crippen LogP contribution is 2.33. The molecule has 0 saturated carbocycles. The molecule has 7 nitrogen and oxygen atoms in total. The zero-order valence-corrected chi connectivity index (χ0v) is 16.3. The maximum absolute atomic E-state index is 13.2. The van der Waals surface area contributed by atoms with E-state index in [1.54, 1.807) is 11.9 Å². The van der Waals surface area contributed by atoms with Crippen molar-refractivity contribution in [1.29, 1.82) is 0 Å². The number of benzene rings is 1. The van der Waals surface area contributed by atoms with Gasteiger partial charge in [-0.3, -0.25) is 19.9 Å². The third-order valence-corrected chi connectivity index (χ3v) is 5.71. The Morgan fingerprint density at radius 2 is 1.96 bits per heavy atom. The number of rotatable bonds is 3. The molecule has 144 valence electrons. The fourth-order valence-electron chi connectivity index (χ4n) is 4.23. The number of halogens is 1. The SMILES string of the molecule is C=C(C)CN1C(=O)C2C(NC3N(c4ccc(Cl)cc4)CCCN23)N(C)C1=O. The summed E-state index contributed by atoms with van der Waals surface area (Å²) in [6.07, 6.45) is 0.457. The van der Waals surface area contributed by atoms with Crippen molar-refractivity contribution in [2.75, 3.05) is 31.6 Å². The molecule has 3 aliphatic rings. The zero-order chi connectivity index (χ0) is 19.3. The van der Waals surface area contributed by atoms with Gasteiger partial charge in [-0.25, -0.2) is 4.79 Å². The number of carbonyl (C=O) groups is 2. The number of nitrogens with zero attached hydrogens (tertiary/aromatic N) is 4. The lowest BCUT2D eigenvalue weighted by Crippen LogP contribution is -2.66. The molecule has 3 atom stereocenters. The van der Waals surface area contributed by atoms with E-state index in [0.717, 1.165) is 30.8 Å². The van der Waals surface area contributed by atoms with Crippen LogP contribution in [0.1, 0.15) is 13.3 Å². The lowest BCUT2D eigenvalue weighted by molar-refractivity contribution is -0.138. The van der Waals surface area contributed by atoms with Crippen LogP contribution in [0.2, 0.25) is 5.02 Å². The average Bonchev–Trinajstić information content (AvgIpc) is 3.04. The Kier molecular flexibility index (Phi) is 4.61. The van der Waals surface area contributed by atoms with Crippen LogP contribution in [0.25, 0.3) is 0 Å². The van der Waals surface area contributed by atoms with Crippen molar-refractivity contribution in [2.45, 2.75) is 31.8 Å². The summed E-state index contributed by atoms with van der Waals surface area (Å²) in [5.41, 5.74) is 1.83. The van der Waals surface area contributed by atoms with E-state index in [9.17, 15) is 9.59 Å². The van der Waals surface area contributed by atoms with Crippen LogP contribution in [-0.4, -0.2) is 71.8 Å². The first-order chi connectivity index (χ1) is 12.9. The van der Waals surface area contributed by atoms with Gasteiger partial charge in [0.05, 0.1) is 6.54 Å². The van der Waals surface area contributed by atoms with Crippen LogP contribution in [0.4, 0.5) is 10.5 Å². The fraction of sp³-hybridized carbons (Fsp3) is 0.474. The second-order valence-electron chi connectivity index (χ2n) is 7.47. The van der Waals surface area contributed by atoms with Gasteiger partial charge in [0.1, 0.15) is 18.5 Å². The Bertz CT molecular complexity index is 783. The molecule has 4 rings (SSSR count). The number of imide groups is 1. The molecular formula is C19H24ClN5O2. The van der Waals surface area contributed by atoms with Crippen LogP contribution < -0.4 is 10.2 Å². The van der Waals surface area contributed by atoms with E-state index in [0.29, 0.717) is 5.02 Å². The molecule has 0 spiro atoms. The molecule has 8 heteroatoms. The van der Waals surface area contributed by atoms with Crippen LogP contribution in [0.3, 0.4) is 0 Å². The number of fused-ring (bicyclic) bond motifs is 3. The van der Waals surface area contributed by atoms with Gasteiger partial charge in [-0.15, -0.1) is 0 Å². The molecule has 1 aromatic rings. The van der Waals surface area contributed by atoms with Crippen molar-refractivity contribution in [3.63, 3.8) is 0 Å². The van der Waals surface area contributed by atoms with E-state index >= 15 is 0 Å². The molecule has 1 N–H and O–H groups in total. The van der Waals surface area contributed by atoms with Gasteiger partial charge in [-0.2, -0.15) is 0 Å². The number of hydrogen-bond donors (Lipinski definition) is 1. The van der Waals surface area contributed by atoms with E-state index in [1.165, 1.54) is 4.90 Å². The van der Waals surface area contributed by atoms with E-state index in [4.69, 9.17) is 11.6 Å². The second-order valence-corrected chi connectivity index (χ2v) is 7.90. The first-order valence-corrected chi connectivity index (χ1v) is 9.53. The number of nitrogens with one attached hydrogen (secondary N) is 1. The Morgan fingerprint density at radius 1 is 1.26 bits per heavy atom. The summed E-state index contributed by atoms with van der Waals surface area (Å²) in [5.74, 6) is -0.154. The molecule has 3 unspecified atom stereocenters. The molecule has 3 heterocycles. The van der Waals surface area contributed by atoms with Crippen molar-refractivity contribution >= 4 is 29.2 Å². The topological polar surface area (TPSA) is 59.1 Å². The summed E-state index contributed by atoms with van der Waals surface area (Å²) < 4.78 is 0. The zero-order valence-electron chi connectivity index (χ0n) is 15.6. The molecule has 3 fully saturated rings. The standard InChI is InChI=1S/C19H24ClN5O2/c1-12(2)11-25-17(26)15-16(22(3)19(25)27)21-18-23(9-4-10-24(15)18)14-7-5-13(20)6-8-14/h5-8,15-16,18,21H,1,4,9-11H2,2-3H3. The van der Waals surface area contributed by atoms with Crippen molar-refractivity contribution in [3.8, 4) is 0 Å². The van der Waals surface area contributed by atoms with Gasteiger partial charge >= 0.3 is 6.03 Å². The maximum atomic E-state index is 13.2. The lowest BCUT2D eigenvalue weighted by atomic mass is 10.1. The third-order valence-electron chi connectivity index (χ3n) is 5.46. The van der Waals surface area contributed by atoms with Crippen LogP contribution in [-0.2, 0) is 4.79 Å². The molecule has 3 aliphatic heterocycles. The number of amides is 3. The van der Waals surface area contributed by atoms with E-state index in [1.807, 2.05) is 31.2 Å². The van der Waals surface area contributed by atoms with Gasteiger partial charge in [0.2, 0.25) is 0 Å². The Hall–Kier alpha value is -2.09. The van der Waals surface area contributed by atoms with Gasteiger partial charge < -0.3 is 9.80 Å². The summed E-state index contributed by atoms with van der Waals surface area (Å²) in [4.78, 5) is 33.2. The molecule has 0 bridgehead atoms. The van der Waals surface area contributed by atoms with Gasteiger partial charge in [-0.1, -0.05) is 23.8 Å². The first-order valence-electron chi connectivity index (χ1n) is 9.15. The summed E-state index contributed by atoms with van der Waals surface area (Å²) in [5, 5.41) is 4.19. The number of hydrogen-bond acceptors (Lipinski definition) is 5. The Labute approximate surface area is 164 Å². The van der Waals surface area contributed by atoms with Crippen molar-refractivity contribution < 1.29 is 9.59 Å². The normalized spacial score (nSPS) is 28.4. The Balaban J connectivity index is 1.65. The highest BCUT2D eigenvalue weighted by atomic mass is 35.5. The number of urea groups is 1. The number of anilines is 1. The molecule has 27 heavy (non-hydrogen) atoms. The van der Waals surface area contributed by atoms with Gasteiger partial charge in [0.25, 0.3) is 5.91 Å². The monoisotopic (exact) mass is 389 g/mol. The summed E-state index contributed by atoms with van der Waals surface area (Å²) in [7, 11) is 1.75. The molecule has 0 aliphatic carbocycles. The molecule has 3 amide bonds. The van der Waals surface area contributed by atoms with Crippen molar-refractivity contribution in [2.24, 2.45) is 0 Å². The molecule has 0 aromatic heterocycles. The fourth-order valence-corrected chi connectivity index (χ4v) is 4.36. The van der Waals surface area contributed by atoms with Crippen LogP contribution >= 0.6 is 11.6 Å². The minimum absolute atomic E-state index is 0.140. The summed E-state index contributed by atoms with van der Waals surface area (Å²) >= 11 is 6.03. The van der Waals surface area contributed by atoms with Gasteiger partial charge in [0.15, 0.2) is 0 Å². The predicted octanol–water partition coefficient (Wildman–Crippen LogP) is 1.90. The first kappa shape index (κ1) is 18.3. The summed E-state index contributed by atoms with van der Waals surface area (Å²) in [6, 6.07) is 7.03. The highest BCUT2D eigenvalue weighted by molar-refractivity contribution is 6.30. The van der Waals surface area contributed by atoms with Crippen molar-refractivity contribution in [1.82, 2.24) is 20.0 Å². The predicted molar refractivity (Wildman–Crippen MR) is 104 cm³/mol. The quantitative estimate of drug-likeness (QED) is 0.800. The third kappa shape index (κ3) is 2.99. The van der Waals surface area contributed by atoms with Gasteiger partial charge in [0, 0.05) is 30.8 Å². The van der Waals surface area contributed by atoms with E-state index in [2.05, 4.69) is 21.7 Å². The molecule has 0 radical (unpaired) electrons. The lowest BCUT2D eigenvalue weighted by Gasteiger charge is -2.44. The minimum Gasteiger partial charge on any atom is -0.343 e. The average molecular weight is 390 g/mol. The van der Waals surface area contributed by atoms with Crippen LogP contribution in [0.5, 0.6) is 0 Å². The number of carbonyl (C=O) groups excluding carboxylic acids is 2. The smallest absolute Gasteiger partial charge is 0.328 e. The van der Waals surface area contributed by atoms with Crippen LogP contribution in [0.15, 0.2) is 36.4 Å². The minimum atomic E-state index is -0.396. The second kappa shape index (κ2) is 6.82. The van der Waals surface area contributed by atoms with E-state index < -0.39 is 6.04 Å². The highest BCUT2D eigenvalue weighted by Gasteiger charge is 2.55. The molecular weight excluding hydrogens is 366 g/mol. The number of likely N-dealkylation sites (N-methyl/N-ethyl adjacent to an activating group) is 1. The Morgan fingerprint density at radius 3 is 2.63 bits per heavy atom. The maximum Gasteiger partial charge on any atom is 0.328 e. The summed E-state index contributed by atoms with van der Waals surface area (Å²) in [6.45, 7) is 7.61. The van der Waals surface area contributed by atoms with Crippen molar-refractivity contribution in [3.05, 3.63) is 41.4 Å². The largest absolute Gasteiger partial charge is 0.343 e. The molecule has 3 saturated heterocycles. The van der Waals surface area contributed by atoms with Gasteiger partial charge in [-0.05, 0) is 37.6 Å². The molecule has 1 aromatic carbocycles.